The summed E-state index contributed by atoms with van der Waals surface area (Å²) in [6, 6.07) is 0. The Hall–Kier alpha value is -0.910. The molecule has 5 nitrogen and oxygen atoms in total. The van der Waals surface area contributed by atoms with Crippen LogP contribution in [-0.2, 0) is 22.6 Å². The smallest absolute Gasteiger partial charge is 0.105 e. The maximum atomic E-state index is 5.06. The molecule has 1 rings (SSSR count). The zero-order valence-electron chi connectivity index (χ0n) is 11.7. The number of aryl methyl sites for hydroxylation is 1. The molecule has 1 aromatic rings. The molecule has 0 radical (unpaired) electrons. The van der Waals surface area contributed by atoms with Gasteiger partial charge in [-0.3, -0.25) is 0 Å². The molecule has 0 aliphatic heterocycles. The molecule has 0 unspecified atom stereocenters. The second-order valence-corrected chi connectivity index (χ2v) is 4.32. The maximum Gasteiger partial charge on any atom is 0.105 e. The lowest BCUT2D eigenvalue weighted by Gasteiger charge is -2.11. The predicted molar refractivity (Wildman–Crippen MR) is 71.7 cm³/mol. The molecule has 5 heteroatoms. The predicted octanol–water partition coefficient (Wildman–Crippen LogP) is 1.35. The summed E-state index contributed by atoms with van der Waals surface area (Å²) in [4.78, 5) is 4.37. The lowest BCUT2D eigenvalue weighted by atomic mass is 10.3. The van der Waals surface area contributed by atoms with Crippen LogP contribution in [0.3, 0.4) is 0 Å². The second-order valence-electron chi connectivity index (χ2n) is 4.32. The lowest BCUT2D eigenvalue weighted by molar-refractivity contribution is 0.191. The number of rotatable bonds is 10. The molecule has 0 aliphatic rings. The highest BCUT2D eigenvalue weighted by atomic mass is 16.5. The zero-order chi connectivity index (χ0) is 13.2. The van der Waals surface area contributed by atoms with Crippen molar-refractivity contribution < 1.29 is 9.47 Å². The summed E-state index contributed by atoms with van der Waals surface area (Å²) in [6.45, 7) is 6.33. The van der Waals surface area contributed by atoms with E-state index in [2.05, 4.69) is 21.8 Å². The van der Waals surface area contributed by atoms with E-state index >= 15 is 0 Å². The van der Waals surface area contributed by atoms with E-state index in [9.17, 15) is 0 Å². The van der Waals surface area contributed by atoms with E-state index in [0.717, 1.165) is 51.5 Å². The normalized spacial score (nSPS) is 11.1. The van der Waals surface area contributed by atoms with Crippen LogP contribution in [0.2, 0.25) is 0 Å². The number of nitrogens with zero attached hydrogens (tertiary/aromatic N) is 2. The van der Waals surface area contributed by atoms with E-state index in [1.165, 1.54) is 5.69 Å². The Kier molecular flexibility index (Phi) is 7.64. The third kappa shape index (κ3) is 5.16. The van der Waals surface area contributed by atoms with Crippen molar-refractivity contribution in [2.75, 3.05) is 34.0 Å². The number of hydrogen-bond acceptors (Lipinski definition) is 4. The van der Waals surface area contributed by atoms with E-state index in [4.69, 9.17) is 9.47 Å². The van der Waals surface area contributed by atoms with Crippen LogP contribution in [0.1, 0.15) is 24.4 Å². The van der Waals surface area contributed by atoms with E-state index in [1.54, 1.807) is 14.2 Å². The number of nitrogens with one attached hydrogen (secondary N) is 1. The highest BCUT2D eigenvalue weighted by Crippen LogP contribution is 2.07. The third-order valence-corrected chi connectivity index (χ3v) is 2.91. The van der Waals surface area contributed by atoms with Gasteiger partial charge in [-0.05, 0) is 19.8 Å². The topological polar surface area (TPSA) is 48.3 Å². The Morgan fingerprint density at radius 2 is 2.00 bits per heavy atom. The number of ether oxygens (including phenoxy) is 2. The van der Waals surface area contributed by atoms with E-state index in [-0.39, 0.29) is 0 Å². The first-order chi connectivity index (χ1) is 8.79. The van der Waals surface area contributed by atoms with Gasteiger partial charge >= 0.3 is 0 Å². The fraction of sp³-hybridized carbons (Fsp3) is 0.769. The Balaban J connectivity index is 2.37. The van der Waals surface area contributed by atoms with Crippen molar-refractivity contribution in [3.8, 4) is 0 Å². The van der Waals surface area contributed by atoms with Crippen LogP contribution in [0, 0.1) is 6.92 Å². The van der Waals surface area contributed by atoms with Gasteiger partial charge in [0, 0.05) is 46.7 Å². The minimum Gasteiger partial charge on any atom is -0.385 e. The van der Waals surface area contributed by atoms with E-state index < -0.39 is 0 Å². The van der Waals surface area contributed by atoms with Crippen LogP contribution in [0.5, 0.6) is 0 Å². The molecule has 0 fully saturated rings. The highest BCUT2D eigenvalue weighted by Gasteiger charge is 2.05. The number of hydrogen-bond donors (Lipinski definition) is 1. The molecule has 0 amide bonds. The molecule has 0 aromatic carbocycles. The molecule has 0 atom stereocenters. The average molecular weight is 255 g/mol. The molecule has 0 bridgehead atoms. The summed E-state index contributed by atoms with van der Waals surface area (Å²) >= 11 is 0. The van der Waals surface area contributed by atoms with Crippen molar-refractivity contribution >= 4 is 0 Å². The van der Waals surface area contributed by atoms with Gasteiger partial charge in [0.25, 0.3) is 0 Å². The molecular formula is C13H25N3O2. The Morgan fingerprint density at radius 1 is 1.22 bits per heavy atom. The first kappa shape index (κ1) is 15.1. The standard InChI is InChI=1S/C13H25N3O2/c1-12-15-11-13(10-14-6-9-18-3)16(12)7-4-5-8-17-2/h11,14H,4-10H2,1-3H3. The Morgan fingerprint density at radius 3 is 2.72 bits per heavy atom. The molecule has 1 aromatic heterocycles. The number of aromatic nitrogens is 2. The second kappa shape index (κ2) is 9.08. The molecule has 0 aliphatic carbocycles. The molecule has 1 N–H and O–H groups in total. The molecule has 0 spiro atoms. The first-order valence-corrected chi connectivity index (χ1v) is 6.49. The summed E-state index contributed by atoms with van der Waals surface area (Å²) in [6.07, 6.45) is 4.16. The van der Waals surface area contributed by atoms with Gasteiger partial charge in [-0.25, -0.2) is 4.98 Å². The van der Waals surface area contributed by atoms with Crippen LogP contribution in [0.15, 0.2) is 6.20 Å². The van der Waals surface area contributed by atoms with Crippen molar-refractivity contribution in [3.63, 3.8) is 0 Å². The summed E-state index contributed by atoms with van der Waals surface area (Å²) in [5.41, 5.74) is 1.24. The Labute approximate surface area is 109 Å². The quantitative estimate of drug-likeness (QED) is 0.641. The summed E-state index contributed by atoms with van der Waals surface area (Å²) in [5.74, 6) is 1.08. The molecule has 0 saturated heterocycles. The van der Waals surface area contributed by atoms with Gasteiger partial charge in [0.05, 0.1) is 12.3 Å². The maximum absolute atomic E-state index is 5.06. The lowest BCUT2D eigenvalue weighted by Crippen LogP contribution is -2.20. The van der Waals surface area contributed by atoms with Gasteiger partial charge in [0.1, 0.15) is 5.82 Å². The van der Waals surface area contributed by atoms with Crippen LogP contribution in [0.25, 0.3) is 0 Å². The summed E-state index contributed by atoms with van der Waals surface area (Å²) < 4.78 is 12.3. The molecule has 1 heterocycles. The van der Waals surface area contributed by atoms with Crippen molar-refractivity contribution in [2.45, 2.75) is 32.9 Å². The van der Waals surface area contributed by atoms with Crippen molar-refractivity contribution in [1.29, 1.82) is 0 Å². The molecule has 0 saturated carbocycles. The fourth-order valence-corrected chi connectivity index (χ4v) is 1.87. The minimum atomic E-state index is 0.737. The van der Waals surface area contributed by atoms with Gasteiger partial charge < -0.3 is 19.4 Å². The number of imidazole rings is 1. The van der Waals surface area contributed by atoms with Crippen LogP contribution in [-0.4, -0.2) is 43.5 Å². The fourth-order valence-electron chi connectivity index (χ4n) is 1.87. The third-order valence-electron chi connectivity index (χ3n) is 2.91. The van der Waals surface area contributed by atoms with Gasteiger partial charge in [-0.15, -0.1) is 0 Å². The van der Waals surface area contributed by atoms with Gasteiger partial charge in [-0.1, -0.05) is 0 Å². The Bertz CT molecular complexity index is 326. The van der Waals surface area contributed by atoms with Crippen LogP contribution >= 0.6 is 0 Å². The van der Waals surface area contributed by atoms with Gasteiger partial charge in [0.15, 0.2) is 0 Å². The van der Waals surface area contributed by atoms with Crippen molar-refractivity contribution in [1.82, 2.24) is 14.9 Å². The SMILES string of the molecule is COCCCCn1c(CNCCOC)cnc1C. The van der Waals surface area contributed by atoms with E-state index in [1.807, 2.05) is 6.20 Å². The molecular weight excluding hydrogens is 230 g/mol. The van der Waals surface area contributed by atoms with Gasteiger partial charge in [0.2, 0.25) is 0 Å². The molecule has 18 heavy (non-hydrogen) atoms. The number of methoxy groups -OCH3 is 2. The molecule has 104 valence electrons. The van der Waals surface area contributed by atoms with Gasteiger partial charge in [-0.2, -0.15) is 0 Å². The average Bonchev–Trinajstić information content (AvgIpc) is 2.72. The zero-order valence-corrected chi connectivity index (χ0v) is 11.7. The van der Waals surface area contributed by atoms with Crippen LogP contribution < -0.4 is 5.32 Å². The van der Waals surface area contributed by atoms with Crippen LogP contribution in [0.4, 0.5) is 0 Å². The van der Waals surface area contributed by atoms with E-state index in [0.29, 0.717) is 0 Å². The highest BCUT2D eigenvalue weighted by molar-refractivity contribution is 5.04. The first-order valence-electron chi connectivity index (χ1n) is 6.49. The monoisotopic (exact) mass is 255 g/mol. The summed E-state index contributed by atoms with van der Waals surface area (Å²) in [5, 5.41) is 3.35. The minimum absolute atomic E-state index is 0.737. The largest absolute Gasteiger partial charge is 0.385 e. The van der Waals surface area contributed by atoms with Crippen molar-refractivity contribution in [3.05, 3.63) is 17.7 Å². The number of unbranched alkanes of at least 4 members (excludes halogenated alkanes) is 1. The summed E-state index contributed by atoms with van der Waals surface area (Å²) in [7, 11) is 3.46. The van der Waals surface area contributed by atoms with Crippen molar-refractivity contribution in [2.24, 2.45) is 0 Å².